The van der Waals surface area contributed by atoms with E-state index in [-0.39, 0.29) is 11.7 Å². The van der Waals surface area contributed by atoms with Crippen molar-refractivity contribution in [3.05, 3.63) is 77.2 Å². The Hall–Kier alpha value is -2.03. The van der Waals surface area contributed by atoms with Crippen LogP contribution in [0.15, 0.2) is 60.3 Å². The van der Waals surface area contributed by atoms with Gasteiger partial charge in [-0.1, -0.05) is 59.8 Å². The number of fused-ring (bicyclic) bond motifs is 1. The molecule has 111 valence electrons. The number of allylic oxidation sites excluding steroid dienone is 1. The number of hydrogen-bond donors (Lipinski definition) is 0. The summed E-state index contributed by atoms with van der Waals surface area (Å²) >= 11 is 0. The Bertz CT molecular complexity index is 693. The smallest absolute Gasteiger partial charge is 0.156 e. The first-order chi connectivity index (χ1) is 10.6. The first kappa shape index (κ1) is 14.9. The van der Waals surface area contributed by atoms with E-state index in [0.717, 1.165) is 18.3 Å². The van der Waals surface area contributed by atoms with Crippen LogP contribution in [-0.4, -0.2) is 26.3 Å². The van der Waals surface area contributed by atoms with Crippen molar-refractivity contribution in [1.82, 2.24) is 4.90 Å². The van der Waals surface area contributed by atoms with Gasteiger partial charge in [0.1, 0.15) is 5.82 Å². The zero-order valence-electron chi connectivity index (χ0n) is 13.1. The third-order valence-electron chi connectivity index (χ3n) is 4.14. The molecule has 22 heavy (non-hydrogen) atoms. The van der Waals surface area contributed by atoms with Crippen LogP contribution in [0.25, 0.3) is 0 Å². The van der Waals surface area contributed by atoms with Gasteiger partial charge in [-0.05, 0) is 29.8 Å². The quantitative estimate of drug-likeness (QED) is 0.765. The number of hydrogen-bond acceptors (Lipinski definition) is 1. The number of rotatable bonds is 2. The molecule has 1 atom stereocenters. The van der Waals surface area contributed by atoms with Crippen LogP contribution in [0.4, 0.5) is 4.39 Å². The van der Waals surface area contributed by atoms with Crippen molar-refractivity contribution in [2.45, 2.75) is 18.7 Å². The van der Waals surface area contributed by atoms with Crippen molar-refractivity contribution >= 4 is 12.7 Å². The van der Waals surface area contributed by atoms with Crippen LogP contribution < -0.4 is 5.46 Å². The van der Waals surface area contributed by atoms with Gasteiger partial charge in [-0.25, -0.2) is 4.39 Å². The lowest BCUT2D eigenvalue weighted by Gasteiger charge is -2.20. The molecule has 3 heteroatoms. The first-order valence-corrected chi connectivity index (χ1v) is 7.67. The maximum atomic E-state index is 14.4. The molecule has 1 radical (unpaired) electrons. The van der Waals surface area contributed by atoms with Crippen molar-refractivity contribution < 1.29 is 4.39 Å². The topological polar surface area (TPSA) is 3.24 Å². The summed E-state index contributed by atoms with van der Waals surface area (Å²) in [4.78, 5) is 2.07. The minimum absolute atomic E-state index is 0.0716. The molecule has 1 aliphatic rings. The predicted octanol–water partition coefficient (Wildman–Crippen LogP) is 3.55. The van der Waals surface area contributed by atoms with E-state index in [9.17, 15) is 4.39 Å². The summed E-state index contributed by atoms with van der Waals surface area (Å²) in [6.07, 6.45) is 3.93. The molecule has 3 rings (SSSR count). The van der Waals surface area contributed by atoms with Crippen molar-refractivity contribution in [3.8, 4) is 0 Å². The minimum atomic E-state index is -0.117. The molecule has 0 spiro atoms. The van der Waals surface area contributed by atoms with E-state index < -0.39 is 0 Å². The van der Waals surface area contributed by atoms with E-state index in [1.165, 1.54) is 16.6 Å². The molecular weight excluding hydrogens is 272 g/mol. The van der Waals surface area contributed by atoms with Crippen molar-refractivity contribution in [2.24, 2.45) is 0 Å². The van der Waals surface area contributed by atoms with Gasteiger partial charge < -0.3 is 4.90 Å². The summed E-state index contributed by atoms with van der Waals surface area (Å²) in [5, 5.41) is 0. The van der Waals surface area contributed by atoms with Crippen molar-refractivity contribution in [1.29, 1.82) is 0 Å². The van der Waals surface area contributed by atoms with Gasteiger partial charge in [0.2, 0.25) is 0 Å². The summed E-state index contributed by atoms with van der Waals surface area (Å²) in [7, 11) is 6.32. The van der Waals surface area contributed by atoms with E-state index in [4.69, 9.17) is 0 Å². The zero-order chi connectivity index (χ0) is 15.5. The fourth-order valence-corrected chi connectivity index (χ4v) is 3.22. The van der Waals surface area contributed by atoms with Crippen LogP contribution in [-0.2, 0) is 0 Å². The van der Waals surface area contributed by atoms with E-state index in [1.54, 1.807) is 12.1 Å². The summed E-state index contributed by atoms with van der Waals surface area (Å²) in [6.45, 7) is 0. The minimum Gasteiger partial charge on any atom is -0.384 e. The highest BCUT2D eigenvalue weighted by atomic mass is 19.1. The van der Waals surface area contributed by atoms with Crippen molar-refractivity contribution in [3.63, 3.8) is 0 Å². The highest BCUT2D eigenvalue weighted by Gasteiger charge is 2.24. The molecule has 1 unspecified atom stereocenters. The number of nitrogens with zero attached hydrogens (tertiary/aromatic N) is 1. The molecule has 0 saturated heterocycles. The largest absolute Gasteiger partial charge is 0.384 e. The van der Waals surface area contributed by atoms with Crippen LogP contribution in [0.5, 0.6) is 0 Å². The predicted molar refractivity (Wildman–Crippen MR) is 91.3 cm³/mol. The highest BCUT2D eigenvalue weighted by Crippen LogP contribution is 2.34. The van der Waals surface area contributed by atoms with Gasteiger partial charge in [-0.3, -0.25) is 0 Å². The van der Waals surface area contributed by atoms with Crippen LogP contribution in [0.2, 0.25) is 6.32 Å². The second-order valence-electron chi connectivity index (χ2n) is 6.07. The maximum Gasteiger partial charge on any atom is 0.156 e. The molecule has 0 N–H and O–H groups in total. The van der Waals surface area contributed by atoms with Crippen LogP contribution in [0.3, 0.4) is 0 Å². The fourth-order valence-electron chi connectivity index (χ4n) is 3.22. The molecule has 0 fully saturated rings. The molecule has 1 nitrogen and oxygen atoms in total. The second-order valence-corrected chi connectivity index (χ2v) is 6.07. The van der Waals surface area contributed by atoms with Crippen molar-refractivity contribution in [2.75, 3.05) is 14.1 Å². The molecule has 2 aromatic rings. The summed E-state index contributed by atoms with van der Waals surface area (Å²) in [6, 6.07) is 15.5. The number of benzene rings is 2. The van der Waals surface area contributed by atoms with Gasteiger partial charge in [0.05, 0.1) is 0 Å². The Morgan fingerprint density at radius 1 is 1.05 bits per heavy atom. The maximum absolute atomic E-state index is 14.4. The van der Waals surface area contributed by atoms with Gasteiger partial charge in [-0.15, -0.1) is 0 Å². The first-order valence-electron chi connectivity index (χ1n) is 7.67. The molecule has 1 aliphatic heterocycles. The Labute approximate surface area is 132 Å². The van der Waals surface area contributed by atoms with Crippen LogP contribution in [0.1, 0.15) is 23.5 Å². The summed E-state index contributed by atoms with van der Waals surface area (Å²) < 4.78 is 14.4. The second kappa shape index (κ2) is 6.39. The molecule has 2 aromatic carbocycles. The molecule has 0 aromatic heterocycles. The SMILES string of the molecule is CN(C)/C=C1/C[B]c2ccccc2C(c2ccccc2F)C1. The standard InChI is InChI=1S/C19H20BFN/c1-22(2)13-14-11-17(16-8-4-6-10-19(16)21)15-7-3-5-9-18(15)20-12-14/h3-10,13,17H,11-12H2,1-2H3/b14-13+. The highest BCUT2D eigenvalue weighted by molar-refractivity contribution is 6.55. The van der Waals surface area contributed by atoms with Gasteiger partial charge in [-0.2, -0.15) is 0 Å². The molecule has 0 aliphatic carbocycles. The Balaban J connectivity index is 2.09. The Morgan fingerprint density at radius 2 is 1.73 bits per heavy atom. The molecule has 1 heterocycles. The normalized spacial score (nSPS) is 19.2. The van der Waals surface area contributed by atoms with Crippen LogP contribution in [0, 0.1) is 5.82 Å². The van der Waals surface area contributed by atoms with E-state index in [0.29, 0.717) is 0 Å². The van der Waals surface area contributed by atoms with Gasteiger partial charge >= 0.3 is 0 Å². The fraction of sp³-hybridized carbons (Fsp3) is 0.263. The van der Waals surface area contributed by atoms with Gasteiger partial charge in [0, 0.05) is 20.0 Å². The lowest BCUT2D eigenvalue weighted by atomic mass is 9.65. The monoisotopic (exact) mass is 292 g/mol. The average Bonchev–Trinajstić information content (AvgIpc) is 2.67. The lowest BCUT2D eigenvalue weighted by molar-refractivity contribution is 0.550. The van der Waals surface area contributed by atoms with Crippen LogP contribution >= 0.6 is 0 Å². The summed E-state index contributed by atoms with van der Waals surface area (Å²) in [5.41, 5.74) is 4.55. The Morgan fingerprint density at radius 3 is 2.45 bits per heavy atom. The molecule has 0 saturated carbocycles. The molecular formula is C19H20BFN. The molecule has 0 bridgehead atoms. The van der Waals surface area contributed by atoms with Gasteiger partial charge in [0.25, 0.3) is 0 Å². The van der Waals surface area contributed by atoms with Gasteiger partial charge in [0.15, 0.2) is 7.28 Å². The average molecular weight is 292 g/mol. The number of halogens is 1. The Kier molecular flexibility index (Phi) is 4.33. The molecule has 0 amide bonds. The van der Waals surface area contributed by atoms with E-state index in [2.05, 4.69) is 30.5 Å². The van der Waals surface area contributed by atoms with E-state index in [1.807, 2.05) is 38.4 Å². The third kappa shape index (κ3) is 3.08. The zero-order valence-corrected chi connectivity index (χ0v) is 13.1. The van der Waals surface area contributed by atoms with E-state index >= 15 is 0 Å². The lowest BCUT2D eigenvalue weighted by Crippen LogP contribution is -2.19. The third-order valence-corrected chi connectivity index (χ3v) is 4.14. The summed E-state index contributed by atoms with van der Waals surface area (Å²) in [5.74, 6) is -0.0456.